The molecule has 2 N–H and O–H groups in total. The lowest BCUT2D eigenvalue weighted by Gasteiger charge is -2.03. The first-order chi connectivity index (χ1) is 9.15. The molecule has 0 atom stereocenters. The van der Waals surface area contributed by atoms with Crippen molar-refractivity contribution in [2.24, 2.45) is 0 Å². The van der Waals surface area contributed by atoms with E-state index in [2.05, 4.69) is 14.5 Å². The van der Waals surface area contributed by atoms with Gasteiger partial charge in [-0.1, -0.05) is 33.1 Å². The summed E-state index contributed by atoms with van der Waals surface area (Å²) < 4.78 is 14.5. The second kappa shape index (κ2) is 8.67. The first-order valence-corrected chi connectivity index (χ1v) is 7.16. The van der Waals surface area contributed by atoms with Crippen molar-refractivity contribution in [1.82, 2.24) is 9.97 Å². The highest BCUT2D eigenvalue weighted by Crippen LogP contribution is 2.14. The van der Waals surface area contributed by atoms with Gasteiger partial charge in [0.25, 0.3) is 0 Å². The number of aromatic nitrogens is 3. The number of aryl methyl sites for hydroxylation is 2. The van der Waals surface area contributed by atoms with E-state index in [1.54, 1.807) is 17.5 Å². The zero-order valence-corrected chi connectivity index (χ0v) is 12.0. The van der Waals surface area contributed by atoms with Crippen LogP contribution in [0, 0.1) is 6.92 Å². The molecular formula is C15H26FN4S+. The van der Waals surface area contributed by atoms with E-state index in [4.69, 9.17) is 5.73 Å². The van der Waals surface area contributed by atoms with Crippen LogP contribution in [0.3, 0.4) is 0 Å². The van der Waals surface area contributed by atoms with Crippen LogP contribution >= 0.6 is 11.3 Å². The molecule has 0 spiro atoms. The summed E-state index contributed by atoms with van der Waals surface area (Å²) in [5.74, 6) is 1.28. The summed E-state index contributed by atoms with van der Waals surface area (Å²) in [5.41, 5.74) is 9.92. The van der Waals surface area contributed by atoms with Gasteiger partial charge in [-0.05, 0) is 0 Å². The van der Waals surface area contributed by atoms with E-state index in [0.29, 0.717) is 18.8 Å². The van der Waals surface area contributed by atoms with Gasteiger partial charge in [0, 0.05) is 26.0 Å². The fourth-order valence-electron chi connectivity index (χ4n) is 1.87. The summed E-state index contributed by atoms with van der Waals surface area (Å²) in [7, 11) is 0. The van der Waals surface area contributed by atoms with Gasteiger partial charge in [-0.2, -0.15) is 4.57 Å². The summed E-state index contributed by atoms with van der Waals surface area (Å²) in [5, 5.41) is 0. The number of halogens is 1. The molecule has 2 heterocycles. The Morgan fingerprint density at radius 3 is 2.67 bits per heavy atom. The Hall–Kier alpha value is -1.56. The number of nitrogens with zero attached hydrogens (tertiary/aromatic N) is 3. The predicted molar refractivity (Wildman–Crippen MR) is 87.3 cm³/mol. The predicted octanol–water partition coefficient (Wildman–Crippen LogP) is 3.11. The molecule has 4 nitrogen and oxygen atoms in total. The van der Waals surface area contributed by atoms with Gasteiger partial charge < -0.3 is 5.73 Å². The lowest BCUT2D eigenvalue weighted by molar-refractivity contribution is -0.689. The minimum absolute atomic E-state index is 0. The van der Waals surface area contributed by atoms with Crippen LogP contribution in [0.15, 0.2) is 11.7 Å². The van der Waals surface area contributed by atoms with Gasteiger partial charge >= 0.3 is 0 Å². The van der Waals surface area contributed by atoms with Crippen molar-refractivity contribution in [1.29, 1.82) is 0 Å². The van der Waals surface area contributed by atoms with Gasteiger partial charge in [0.2, 0.25) is 5.51 Å². The van der Waals surface area contributed by atoms with Gasteiger partial charge in [-0.3, -0.25) is 4.39 Å². The number of nitrogens with two attached hydrogens (primary N) is 1. The molecule has 2 aromatic rings. The molecule has 2 rings (SSSR count). The van der Waals surface area contributed by atoms with Crippen molar-refractivity contribution in [2.45, 2.75) is 48.1 Å². The molecule has 0 aliphatic heterocycles. The average molecular weight is 313 g/mol. The number of nitrogen functional groups attached to an aromatic ring is 1. The molecule has 118 valence electrons. The van der Waals surface area contributed by atoms with E-state index in [-0.39, 0.29) is 21.5 Å². The fourth-order valence-corrected chi connectivity index (χ4v) is 2.84. The largest absolute Gasteiger partial charge is 0.383 e. The Labute approximate surface area is 130 Å². The fraction of sp³-hybridized carbons (Fsp3) is 0.533. The maximum atomic E-state index is 12.4. The highest BCUT2D eigenvalue weighted by molar-refractivity contribution is 7.09. The van der Waals surface area contributed by atoms with Crippen LogP contribution in [-0.2, 0) is 19.4 Å². The number of hydrogen-bond donors (Lipinski definition) is 1. The number of alkyl halides is 1. The van der Waals surface area contributed by atoms with Crippen LogP contribution in [0.5, 0.6) is 0 Å². The van der Waals surface area contributed by atoms with Crippen LogP contribution in [-0.4, -0.2) is 16.6 Å². The summed E-state index contributed by atoms with van der Waals surface area (Å²) in [6.45, 7) is 4.30. The summed E-state index contributed by atoms with van der Waals surface area (Å²) in [4.78, 5) is 9.60. The SMILES string of the molecule is C.C.CCc1ncc(C[n+]2csc(CCF)c2C)c(N)n1. The van der Waals surface area contributed by atoms with Gasteiger partial charge in [-0.15, -0.1) is 0 Å². The number of anilines is 1. The van der Waals surface area contributed by atoms with Crippen molar-refractivity contribution in [3.63, 3.8) is 0 Å². The zero-order valence-electron chi connectivity index (χ0n) is 11.2. The molecule has 0 amide bonds. The van der Waals surface area contributed by atoms with Gasteiger partial charge in [0.05, 0.1) is 17.1 Å². The molecule has 0 unspecified atom stereocenters. The first-order valence-electron chi connectivity index (χ1n) is 6.28. The van der Waals surface area contributed by atoms with E-state index in [1.165, 1.54) is 0 Å². The Bertz CT molecular complexity index is 569. The molecule has 0 aromatic carbocycles. The third kappa shape index (κ3) is 4.46. The van der Waals surface area contributed by atoms with Crippen LogP contribution in [0.2, 0.25) is 0 Å². The summed E-state index contributed by atoms with van der Waals surface area (Å²) in [6, 6.07) is 0. The molecule has 0 radical (unpaired) electrons. The standard InChI is InChI=1S/C13H18FN4S.2CH4/c1-3-12-16-6-10(13(15)17-12)7-18-8-19-11(4-5-14)9(18)2;;/h6,8H,3-5,7H2,1-2H3,(H2,15,16,17);2*1H4/q+1;;. The second-order valence-corrected chi connectivity index (χ2v) is 5.29. The molecule has 6 heteroatoms. The lowest BCUT2D eigenvalue weighted by Crippen LogP contribution is -2.35. The molecule has 21 heavy (non-hydrogen) atoms. The highest BCUT2D eigenvalue weighted by Gasteiger charge is 2.17. The quantitative estimate of drug-likeness (QED) is 0.863. The second-order valence-electron chi connectivity index (χ2n) is 4.35. The molecule has 0 aliphatic rings. The van der Waals surface area contributed by atoms with Crippen LogP contribution in [0.4, 0.5) is 10.2 Å². The summed E-state index contributed by atoms with van der Waals surface area (Å²) in [6.07, 6.45) is 3.03. The molecule has 0 saturated carbocycles. The van der Waals surface area contributed by atoms with E-state index >= 15 is 0 Å². The Morgan fingerprint density at radius 2 is 2.10 bits per heavy atom. The van der Waals surface area contributed by atoms with Gasteiger partial charge in [0.1, 0.15) is 11.6 Å². The van der Waals surface area contributed by atoms with E-state index in [0.717, 1.165) is 28.4 Å². The van der Waals surface area contributed by atoms with Crippen molar-refractivity contribution in [3.05, 3.63) is 33.7 Å². The van der Waals surface area contributed by atoms with E-state index < -0.39 is 0 Å². The third-order valence-corrected chi connectivity index (χ3v) is 4.23. The number of hydrogen-bond acceptors (Lipinski definition) is 4. The van der Waals surface area contributed by atoms with Crippen LogP contribution < -0.4 is 10.3 Å². The maximum Gasteiger partial charge on any atom is 0.225 e. The molecular weight excluding hydrogens is 287 g/mol. The number of rotatable bonds is 5. The van der Waals surface area contributed by atoms with Gasteiger partial charge in [-0.25, -0.2) is 9.97 Å². The average Bonchev–Trinajstić information content (AvgIpc) is 2.74. The van der Waals surface area contributed by atoms with Crippen molar-refractivity contribution in [2.75, 3.05) is 12.4 Å². The Morgan fingerprint density at radius 1 is 1.38 bits per heavy atom. The smallest absolute Gasteiger partial charge is 0.225 e. The van der Waals surface area contributed by atoms with Crippen molar-refractivity contribution < 1.29 is 8.96 Å². The van der Waals surface area contributed by atoms with Crippen LogP contribution in [0.1, 0.15) is 43.7 Å². The monoisotopic (exact) mass is 313 g/mol. The first kappa shape index (κ1) is 19.4. The van der Waals surface area contributed by atoms with E-state index in [1.807, 2.05) is 19.4 Å². The Balaban J connectivity index is 0.00000200. The van der Waals surface area contributed by atoms with Crippen molar-refractivity contribution in [3.8, 4) is 0 Å². The molecule has 0 fully saturated rings. The minimum Gasteiger partial charge on any atom is -0.383 e. The maximum absolute atomic E-state index is 12.4. The minimum atomic E-state index is -0.322. The normalized spacial score (nSPS) is 9.86. The van der Waals surface area contributed by atoms with Gasteiger partial charge in [0.15, 0.2) is 12.2 Å². The summed E-state index contributed by atoms with van der Waals surface area (Å²) >= 11 is 1.57. The molecule has 0 saturated heterocycles. The van der Waals surface area contributed by atoms with Crippen LogP contribution in [0.25, 0.3) is 0 Å². The van der Waals surface area contributed by atoms with Crippen molar-refractivity contribution >= 4 is 17.2 Å². The topological polar surface area (TPSA) is 55.7 Å². The molecule has 2 aromatic heterocycles. The third-order valence-electron chi connectivity index (χ3n) is 3.08. The lowest BCUT2D eigenvalue weighted by atomic mass is 10.2. The zero-order chi connectivity index (χ0) is 13.8. The Kier molecular flexibility index (Phi) is 8.02. The molecule has 0 bridgehead atoms. The molecule has 0 aliphatic carbocycles. The van der Waals surface area contributed by atoms with E-state index in [9.17, 15) is 4.39 Å². The number of thiazole rings is 1. The highest BCUT2D eigenvalue weighted by atomic mass is 32.1.